The Bertz CT molecular complexity index is 637. The fourth-order valence-corrected chi connectivity index (χ4v) is 3.20. The van der Waals surface area contributed by atoms with Crippen molar-refractivity contribution < 1.29 is 8.78 Å². The lowest BCUT2D eigenvalue weighted by atomic mass is 9.97. The molecule has 1 aromatic carbocycles. The average Bonchev–Trinajstić information content (AvgIpc) is 2.97. The number of rotatable bonds is 5. The van der Waals surface area contributed by atoms with E-state index >= 15 is 0 Å². The first kappa shape index (κ1) is 15.9. The van der Waals surface area contributed by atoms with E-state index in [9.17, 15) is 8.78 Å². The Balaban J connectivity index is 1.52. The standard InChI is InChI=1S/C16H21F2N5/c17-13-6-1-7-14(18)12(13)5-3-9-23-8-2-4-11(10-23)15-20-16(19)22-21-15/h1,6-7,11H,2-5,8-10H2,(H3,19,20,21,22). The molecule has 0 bridgehead atoms. The number of likely N-dealkylation sites (tertiary alicyclic amines) is 1. The zero-order valence-electron chi connectivity index (χ0n) is 12.9. The molecule has 0 saturated carbocycles. The molecule has 0 aliphatic carbocycles. The maximum atomic E-state index is 13.6. The van der Waals surface area contributed by atoms with E-state index in [-0.39, 0.29) is 11.5 Å². The zero-order valence-corrected chi connectivity index (χ0v) is 12.9. The highest BCUT2D eigenvalue weighted by atomic mass is 19.1. The summed E-state index contributed by atoms with van der Waals surface area (Å²) in [5, 5.41) is 6.76. The highest BCUT2D eigenvalue weighted by Crippen LogP contribution is 2.25. The number of aromatic amines is 1. The van der Waals surface area contributed by atoms with Crippen LogP contribution in [0.1, 0.15) is 36.6 Å². The maximum absolute atomic E-state index is 13.6. The fraction of sp³-hybridized carbons (Fsp3) is 0.500. The van der Waals surface area contributed by atoms with Gasteiger partial charge < -0.3 is 10.6 Å². The van der Waals surface area contributed by atoms with Crippen LogP contribution in [0.3, 0.4) is 0 Å². The molecule has 7 heteroatoms. The maximum Gasteiger partial charge on any atom is 0.239 e. The number of nitrogens with zero attached hydrogens (tertiary/aromatic N) is 3. The van der Waals surface area contributed by atoms with E-state index in [1.54, 1.807) is 0 Å². The number of H-pyrrole nitrogens is 1. The summed E-state index contributed by atoms with van der Waals surface area (Å²) in [6.07, 6.45) is 3.25. The molecule has 1 aliphatic rings. The second-order valence-corrected chi connectivity index (χ2v) is 6.02. The number of nitrogens with two attached hydrogens (primary N) is 1. The molecule has 0 spiro atoms. The fourth-order valence-electron chi connectivity index (χ4n) is 3.20. The van der Waals surface area contributed by atoms with Gasteiger partial charge in [0.05, 0.1) is 0 Å². The van der Waals surface area contributed by atoms with Crippen LogP contribution in [-0.4, -0.2) is 39.7 Å². The van der Waals surface area contributed by atoms with Gasteiger partial charge in [0.1, 0.15) is 17.5 Å². The molecule has 23 heavy (non-hydrogen) atoms. The Morgan fingerprint density at radius 3 is 2.78 bits per heavy atom. The Kier molecular flexibility index (Phi) is 4.85. The molecule has 0 radical (unpaired) electrons. The normalized spacial score (nSPS) is 19.1. The van der Waals surface area contributed by atoms with E-state index < -0.39 is 11.6 Å². The largest absolute Gasteiger partial charge is 0.367 e. The minimum atomic E-state index is -0.460. The van der Waals surface area contributed by atoms with Crippen LogP contribution in [0.15, 0.2) is 18.2 Å². The molecule has 2 heterocycles. The van der Waals surface area contributed by atoms with Gasteiger partial charge in [-0.05, 0) is 50.9 Å². The minimum Gasteiger partial charge on any atom is -0.367 e. The van der Waals surface area contributed by atoms with Gasteiger partial charge in [0.2, 0.25) is 5.95 Å². The molecule has 124 valence electrons. The summed E-state index contributed by atoms with van der Waals surface area (Å²) in [6.45, 7) is 2.68. The number of aromatic nitrogens is 3. The molecule has 1 atom stereocenters. The molecular weight excluding hydrogens is 300 g/mol. The average molecular weight is 321 g/mol. The van der Waals surface area contributed by atoms with E-state index in [4.69, 9.17) is 5.73 Å². The highest BCUT2D eigenvalue weighted by molar-refractivity contribution is 5.19. The number of hydrogen-bond donors (Lipinski definition) is 2. The molecular formula is C16H21F2N5. The van der Waals surface area contributed by atoms with E-state index in [1.165, 1.54) is 18.2 Å². The van der Waals surface area contributed by atoms with Crippen molar-refractivity contribution in [3.63, 3.8) is 0 Å². The predicted octanol–water partition coefficient (Wildman–Crippen LogP) is 2.48. The smallest absolute Gasteiger partial charge is 0.239 e. The lowest BCUT2D eigenvalue weighted by Gasteiger charge is -2.31. The molecule has 1 fully saturated rings. The number of piperidine rings is 1. The third-order valence-corrected chi connectivity index (χ3v) is 4.38. The Hall–Kier alpha value is -2.02. The molecule has 1 unspecified atom stereocenters. The minimum absolute atomic E-state index is 0.184. The van der Waals surface area contributed by atoms with Crippen LogP contribution in [0.2, 0.25) is 0 Å². The van der Waals surface area contributed by atoms with Gasteiger partial charge in [-0.2, -0.15) is 4.98 Å². The Labute approximate surface area is 133 Å². The van der Waals surface area contributed by atoms with Gasteiger partial charge in [-0.3, -0.25) is 5.10 Å². The van der Waals surface area contributed by atoms with Gasteiger partial charge >= 0.3 is 0 Å². The molecule has 2 aromatic rings. The summed E-state index contributed by atoms with van der Waals surface area (Å²) in [5.41, 5.74) is 5.74. The molecule has 1 aliphatic heterocycles. The van der Waals surface area contributed by atoms with Crippen LogP contribution < -0.4 is 5.73 Å². The van der Waals surface area contributed by atoms with Gasteiger partial charge in [-0.1, -0.05) is 6.07 Å². The second-order valence-electron chi connectivity index (χ2n) is 6.02. The van der Waals surface area contributed by atoms with E-state index in [1.807, 2.05) is 0 Å². The Morgan fingerprint density at radius 1 is 1.30 bits per heavy atom. The number of nitrogen functional groups attached to an aromatic ring is 1. The first-order chi connectivity index (χ1) is 11.1. The van der Waals surface area contributed by atoms with E-state index in [0.717, 1.165) is 44.7 Å². The number of hydrogen-bond acceptors (Lipinski definition) is 4. The second kappa shape index (κ2) is 7.04. The van der Waals surface area contributed by atoms with Crippen molar-refractivity contribution in [3.05, 3.63) is 41.2 Å². The molecule has 5 nitrogen and oxygen atoms in total. The van der Waals surface area contributed by atoms with Gasteiger partial charge in [0.25, 0.3) is 0 Å². The van der Waals surface area contributed by atoms with Gasteiger partial charge in [0, 0.05) is 18.0 Å². The number of benzene rings is 1. The lowest BCUT2D eigenvalue weighted by Crippen LogP contribution is -2.35. The highest BCUT2D eigenvalue weighted by Gasteiger charge is 2.23. The summed E-state index contributed by atoms with van der Waals surface area (Å²) in [5.74, 6) is 0.468. The van der Waals surface area contributed by atoms with Crippen molar-refractivity contribution in [2.45, 2.75) is 31.6 Å². The zero-order chi connectivity index (χ0) is 16.2. The van der Waals surface area contributed by atoms with Crippen LogP contribution in [0, 0.1) is 11.6 Å². The first-order valence-electron chi connectivity index (χ1n) is 7.96. The molecule has 3 N–H and O–H groups in total. The summed E-state index contributed by atoms with van der Waals surface area (Å²) in [4.78, 5) is 6.52. The predicted molar refractivity (Wildman–Crippen MR) is 83.9 cm³/mol. The molecule has 1 aromatic heterocycles. The van der Waals surface area contributed by atoms with E-state index in [2.05, 4.69) is 20.1 Å². The Morgan fingerprint density at radius 2 is 2.09 bits per heavy atom. The lowest BCUT2D eigenvalue weighted by molar-refractivity contribution is 0.202. The van der Waals surface area contributed by atoms with Gasteiger partial charge in [-0.25, -0.2) is 8.78 Å². The van der Waals surface area contributed by atoms with Gasteiger partial charge in [0.15, 0.2) is 0 Å². The molecule has 3 rings (SSSR count). The van der Waals surface area contributed by atoms with Crippen molar-refractivity contribution >= 4 is 5.95 Å². The summed E-state index contributed by atoms with van der Waals surface area (Å²) in [6, 6.07) is 4.01. The third kappa shape index (κ3) is 3.85. The SMILES string of the molecule is Nc1n[nH]c(C2CCCN(CCCc3c(F)cccc3F)C2)n1. The monoisotopic (exact) mass is 321 g/mol. The summed E-state index contributed by atoms with van der Waals surface area (Å²) >= 11 is 0. The van der Waals surface area contributed by atoms with E-state index in [0.29, 0.717) is 12.3 Å². The third-order valence-electron chi connectivity index (χ3n) is 4.38. The number of anilines is 1. The number of halogens is 2. The van der Waals surface area contributed by atoms with Crippen LogP contribution in [-0.2, 0) is 6.42 Å². The van der Waals surface area contributed by atoms with Crippen LogP contribution >= 0.6 is 0 Å². The molecule has 1 saturated heterocycles. The quantitative estimate of drug-likeness (QED) is 0.887. The topological polar surface area (TPSA) is 70.8 Å². The van der Waals surface area contributed by atoms with Crippen molar-refractivity contribution in [1.82, 2.24) is 20.1 Å². The summed E-state index contributed by atoms with van der Waals surface area (Å²) in [7, 11) is 0. The van der Waals surface area contributed by atoms with Crippen LogP contribution in [0.5, 0.6) is 0 Å². The first-order valence-corrected chi connectivity index (χ1v) is 7.96. The van der Waals surface area contributed by atoms with Crippen LogP contribution in [0.4, 0.5) is 14.7 Å². The summed E-state index contributed by atoms with van der Waals surface area (Å²) < 4.78 is 27.2. The van der Waals surface area contributed by atoms with Crippen molar-refractivity contribution in [2.75, 3.05) is 25.4 Å². The van der Waals surface area contributed by atoms with Crippen LogP contribution in [0.25, 0.3) is 0 Å². The van der Waals surface area contributed by atoms with Crippen molar-refractivity contribution in [3.8, 4) is 0 Å². The van der Waals surface area contributed by atoms with Crippen molar-refractivity contribution in [2.24, 2.45) is 0 Å². The van der Waals surface area contributed by atoms with Crippen molar-refractivity contribution in [1.29, 1.82) is 0 Å². The molecule has 0 amide bonds. The number of nitrogens with one attached hydrogen (secondary N) is 1. The van der Waals surface area contributed by atoms with Gasteiger partial charge in [-0.15, -0.1) is 5.10 Å².